The van der Waals surface area contributed by atoms with Gasteiger partial charge in [-0.15, -0.1) is 0 Å². The number of rotatable bonds is 17. The third-order valence-corrected chi connectivity index (χ3v) is 15.8. The number of halogens is 1. The van der Waals surface area contributed by atoms with E-state index in [0.29, 0.717) is 0 Å². The summed E-state index contributed by atoms with van der Waals surface area (Å²) in [6.45, 7) is 12.4. The Morgan fingerprint density at radius 2 is 1.23 bits per heavy atom. The first kappa shape index (κ1) is 33.0. The van der Waals surface area contributed by atoms with Crippen LogP contribution in [0, 0.1) is 20.8 Å². The Bertz CT molecular complexity index is 1150. The van der Waals surface area contributed by atoms with Crippen molar-refractivity contribution in [3.8, 4) is 0 Å². The molecular weight excluding hydrogens is 622 g/mol. The third kappa shape index (κ3) is 8.99. The first-order chi connectivity index (χ1) is 19.4. The van der Waals surface area contributed by atoms with Gasteiger partial charge in [-0.2, -0.15) is 0 Å². The van der Waals surface area contributed by atoms with Crippen molar-refractivity contribution in [3.05, 3.63) is 101 Å². The Hall–Kier alpha value is -1.52. The van der Waals surface area contributed by atoms with Crippen LogP contribution in [0.3, 0.4) is 0 Å². The molecule has 4 heteroatoms. The van der Waals surface area contributed by atoms with Crippen molar-refractivity contribution in [2.24, 2.45) is 0 Å². The minimum Gasteiger partial charge on any atom is -0.353 e. The first-order valence-corrected chi connectivity index (χ1v) is 19.7. The summed E-state index contributed by atoms with van der Waals surface area (Å²) in [5.74, 6) is 0. The van der Waals surface area contributed by atoms with Crippen molar-refractivity contribution in [3.63, 3.8) is 0 Å². The van der Waals surface area contributed by atoms with E-state index in [2.05, 4.69) is 122 Å². The number of unbranched alkanes of at least 4 members (excludes halogenated alkanes) is 4. The van der Waals surface area contributed by atoms with Crippen molar-refractivity contribution in [1.82, 2.24) is 0 Å². The average molecular weight is 672 g/mol. The van der Waals surface area contributed by atoms with Crippen LogP contribution in [-0.2, 0) is 15.9 Å². The molecule has 2 nitrogen and oxygen atoms in total. The van der Waals surface area contributed by atoms with Crippen molar-refractivity contribution >= 4 is 42.9 Å². The summed E-state index contributed by atoms with van der Waals surface area (Å²) in [6.07, 6.45) is 14.0. The SMILES string of the molecule is CCOC(CCCCC/C=C/CCCc1cccc([P+](I)(c2ccccc2C)c2ccccc2C)c1C)OCC. The molecule has 0 saturated carbocycles. The maximum atomic E-state index is 5.65. The largest absolute Gasteiger partial charge is 0.353 e. The molecule has 0 saturated heterocycles. The van der Waals surface area contributed by atoms with Crippen LogP contribution >= 0.6 is 26.9 Å². The molecule has 0 aliphatic rings. The van der Waals surface area contributed by atoms with Crippen LogP contribution in [0.15, 0.2) is 78.9 Å². The molecule has 0 bridgehead atoms. The van der Waals surface area contributed by atoms with Gasteiger partial charge < -0.3 is 9.47 Å². The Kier molecular flexibility index (Phi) is 14.4. The number of benzene rings is 3. The summed E-state index contributed by atoms with van der Waals surface area (Å²) in [7, 11) is 0. The van der Waals surface area contributed by atoms with Gasteiger partial charge in [0.2, 0.25) is 0 Å². The topological polar surface area (TPSA) is 18.5 Å². The molecule has 40 heavy (non-hydrogen) atoms. The van der Waals surface area contributed by atoms with Crippen molar-refractivity contribution < 1.29 is 9.47 Å². The van der Waals surface area contributed by atoms with Crippen molar-refractivity contribution in [2.75, 3.05) is 13.2 Å². The van der Waals surface area contributed by atoms with Crippen LogP contribution in [0.1, 0.15) is 81.0 Å². The third-order valence-electron chi connectivity index (χ3n) is 7.64. The lowest BCUT2D eigenvalue weighted by molar-refractivity contribution is -0.140. The second kappa shape index (κ2) is 17.4. The molecule has 0 heterocycles. The van der Waals surface area contributed by atoms with Gasteiger partial charge in [0.15, 0.2) is 33.2 Å². The van der Waals surface area contributed by atoms with E-state index in [-0.39, 0.29) is 6.29 Å². The van der Waals surface area contributed by atoms with E-state index in [4.69, 9.17) is 9.47 Å². The van der Waals surface area contributed by atoms with E-state index in [1.165, 1.54) is 63.9 Å². The Morgan fingerprint density at radius 1 is 0.675 bits per heavy atom. The van der Waals surface area contributed by atoms with E-state index in [1.807, 2.05) is 13.8 Å². The zero-order valence-corrected chi connectivity index (χ0v) is 28.3. The van der Waals surface area contributed by atoms with Crippen LogP contribution in [-0.4, -0.2) is 19.5 Å². The quantitative estimate of drug-likeness (QED) is 0.0468. The molecule has 3 rings (SSSR count). The molecule has 0 fully saturated rings. The van der Waals surface area contributed by atoms with E-state index < -0.39 is 4.90 Å². The van der Waals surface area contributed by atoms with Gasteiger partial charge in [0, 0.05) is 13.2 Å². The Morgan fingerprint density at radius 3 is 1.80 bits per heavy atom. The van der Waals surface area contributed by atoms with Crippen LogP contribution in [0.2, 0.25) is 0 Å². The van der Waals surface area contributed by atoms with Crippen LogP contribution in [0.25, 0.3) is 0 Å². The molecule has 216 valence electrons. The number of hydrogen-bond acceptors (Lipinski definition) is 2. The Balaban J connectivity index is 1.61. The van der Waals surface area contributed by atoms with Crippen LogP contribution in [0.4, 0.5) is 0 Å². The molecule has 3 aromatic rings. The molecule has 0 spiro atoms. The van der Waals surface area contributed by atoms with E-state index in [0.717, 1.165) is 38.9 Å². The lowest BCUT2D eigenvalue weighted by Crippen LogP contribution is -2.31. The highest BCUT2D eigenvalue weighted by Gasteiger charge is 2.46. The highest BCUT2D eigenvalue weighted by Crippen LogP contribution is 2.65. The molecule has 0 unspecified atom stereocenters. The predicted molar refractivity (Wildman–Crippen MR) is 186 cm³/mol. The second-order valence-corrected chi connectivity index (χ2v) is 17.5. The highest BCUT2D eigenvalue weighted by atomic mass is 127. The van der Waals surface area contributed by atoms with Crippen molar-refractivity contribution in [1.29, 1.82) is 0 Å². The standard InChI is InChI=1S/C36H49IO2P/c1-6-38-36(39-7-2)28-15-13-11-9-8-10-12-14-23-32-24-20-27-35(31(32)5)40(37,33-25-18-16-21-29(33)3)34-26-19-17-22-30(34)4/h8,10,16-22,24-27,36H,6-7,9,11-15,23,28H2,1-5H3/q+1/b10-8+. The summed E-state index contributed by atoms with van der Waals surface area (Å²) in [6, 6.07) is 25.0. The lowest BCUT2D eigenvalue weighted by Gasteiger charge is -2.25. The molecular formula is C36H49IO2P+. The van der Waals surface area contributed by atoms with Gasteiger partial charge in [-0.05, 0) is 120 Å². The number of hydrogen-bond donors (Lipinski definition) is 0. The summed E-state index contributed by atoms with van der Waals surface area (Å²) < 4.78 is 11.3. The maximum Gasteiger partial charge on any atom is 0.173 e. The monoisotopic (exact) mass is 671 g/mol. The summed E-state index contributed by atoms with van der Waals surface area (Å²) in [5, 5.41) is 4.49. The highest BCUT2D eigenvalue weighted by molar-refractivity contribution is 14.2. The zero-order chi connectivity index (χ0) is 28.8. The minimum atomic E-state index is -1.80. The average Bonchev–Trinajstić information content (AvgIpc) is 2.95. The van der Waals surface area contributed by atoms with Crippen LogP contribution < -0.4 is 15.9 Å². The van der Waals surface area contributed by atoms with E-state index in [1.54, 1.807) is 0 Å². The van der Waals surface area contributed by atoms with Gasteiger partial charge in [-0.1, -0.05) is 67.1 Å². The summed E-state index contributed by atoms with van der Waals surface area (Å²) >= 11 is 2.83. The normalized spacial score (nSPS) is 12.1. The number of aryl methyl sites for hydroxylation is 3. The fourth-order valence-electron chi connectivity index (χ4n) is 5.46. The Labute approximate surface area is 257 Å². The zero-order valence-electron chi connectivity index (χ0n) is 25.3. The molecule has 0 aliphatic heterocycles. The second-order valence-electron chi connectivity index (χ2n) is 10.6. The molecule has 3 aromatic carbocycles. The number of allylic oxidation sites excluding steroid dienone is 2. The molecule has 0 aromatic heterocycles. The molecule has 0 amide bonds. The first-order valence-electron chi connectivity index (χ1n) is 15.1. The molecule has 0 atom stereocenters. The van der Waals surface area contributed by atoms with Gasteiger partial charge in [0.05, 0.1) is 0 Å². The van der Waals surface area contributed by atoms with Gasteiger partial charge in [0.1, 0.15) is 15.9 Å². The summed E-state index contributed by atoms with van der Waals surface area (Å²) in [4.78, 5) is -1.80. The van der Waals surface area contributed by atoms with Gasteiger partial charge in [0.25, 0.3) is 0 Å². The van der Waals surface area contributed by atoms with E-state index >= 15 is 0 Å². The fraction of sp³-hybridized carbons (Fsp3) is 0.444. The predicted octanol–water partition coefficient (Wildman–Crippen LogP) is 9.48. The molecule has 0 N–H and O–H groups in total. The number of ether oxygens (including phenoxy) is 2. The van der Waals surface area contributed by atoms with Crippen molar-refractivity contribution in [2.45, 2.75) is 92.3 Å². The maximum absolute atomic E-state index is 5.65. The summed E-state index contributed by atoms with van der Waals surface area (Å²) in [5.41, 5.74) is 5.73. The van der Waals surface area contributed by atoms with Gasteiger partial charge in [-0.25, -0.2) is 0 Å². The smallest absolute Gasteiger partial charge is 0.173 e. The molecule has 0 aliphatic carbocycles. The van der Waals surface area contributed by atoms with Crippen LogP contribution in [0.5, 0.6) is 0 Å². The fourth-order valence-corrected chi connectivity index (χ4v) is 13.7. The van der Waals surface area contributed by atoms with Gasteiger partial charge in [-0.3, -0.25) is 0 Å². The molecule has 0 radical (unpaired) electrons. The van der Waals surface area contributed by atoms with E-state index in [9.17, 15) is 0 Å². The lowest BCUT2D eigenvalue weighted by atomic mass is 10.0. The minimum absolute atomic E-state index is 0.0274. The van der Waals surface area contributed by atoms with Gasteiger partial charge >= 0.3 is 0 Å².